The molecule has 0 aliphatic heterocycles. The lowest BCUT2D eigenvalue weighted by Gasteiger charge is -2.04. The first-order valence-electron chi connectivity index (χ1n) is 5.64. The zero-order valence-corrected chi connectivity index (χ0v) is 11.7. The summed E-state index contributed by atoms with van der Waals surface area (Å²) < 4.78 is 6.31. The second-order valence-corrected chi connectivity index (χ2v) is 4.91. The first kappa shape index (κ1) is 14.1. The van der Waals surface area contributed by atoms with Gasteiger partial charge < -0.3 is 9.40 Å². The van der Waals surface area contributed by atoms with E-state index in [-0.39, 0.29) is 23.3 Å². The van der Waals surface area contributed by atoms with Crippen LogP contribution in [0.15, 0.2) is 19.2 Å². The summed E-state index contributed by atoms with van der Waals surface area (Å²) in [6.07, 6.45) is 0.134. The molecule has 0 saturated heterocycles. The van der Waals surface area contributed by atoms with Gasteiger partial charge in [-0.15, -0.1) is 10.2 Å². The van der Waals surface area contributed by atoms with Gasteiger partial charge in [0.25, 0.3) is 10.8 Å². The first-order chi connectivity index (χ1) is 9.52. The van der Waals surface area contributed by atoms with E-state index in [1.165, 1.54) is 7.05 Å². The van der Waals surface area contributed by atoms with Crippen molar-refractivity contribution in [1.29, 1.82) is 5.26 Å². The minimum atomic E-state index is -0.466. The van der Waals surface area contributed by atoms with E-state index in [9.17, 15) is 9.59 Å². The molecule has 2 rings (SSSR count). The second-order valence-electron chi connectivity index (χ2n) is 3.98. The van der Waals surface area contributed by atoms with E-state index in [1.54, 1.807) is 6.92 Å². The fourth-order valence-electron chi connectivity index (χ4n) is 1.60. The lowest BCUT2D eigenvalue weighted by Crippen LogP contribution is -2.36. The molecule has 2 aromatic rings. The van der Waals surface area contributed by atoms with Crippen LogP contribution in [-0.2, 0) is 13.5 Å². The molecule has 9 heteroatoms. The van der Waals surface area contributed by atoms with Crippen molar-refractivity contribution in [3.05, 3.63) is 38.0 Å². The maximum Gasteiger partial charge on any atom is 0.328 e. The second kappa shape index (κ2) is 5.75. The summed E-state index contributed by atoms with van der Waals surface area (Å²) >= 11 is 1.12. The fraction of sp³-hybridized carbons (Fsp3) is 0.364. The van der Waals surface area contributed by atoms with E-state index in [0.717, 1.165) is 16.3 Å². The van der Waals surface area contributed by atoms with Crippen molar-refractivity contribution in [3.8, 4) is 6.07 Å². The third kappa shape index (κ3) is 2.80. The Labute approximate surface area is 117 Å². The topological polar surface area (TPSA) is 118 Å². The van der Waals surface area contributed by atoms with Crippen LogP contribution in [0, 0.1) is 18.3 Å². The normalized spacial score (nSPS) is 10.4. The molecule has 0 atom stereocenters. The van der Waals surface area contributed by atoms with Gasteiger partial charge in [0.2, 0.25) is 5.89 Å². The smallest absolute Gasteiger partial charge is 0.328 e. The highest BCUT2D eigenvalue weighted by Crippen LogP contribution is 2.16. The zero-order valence-electron chi connectivity index (χ0n) is 10.8. The number of rotatable bonds is 4. The van der Waals surface area contributed by atoms with Gasteiger partial charge in [0.15, 0.2) is 0 Å². The average molecular weight is 293 g/mol. The van der Waals surface area contributed by atoms with Crippen molar-refractivity contribution < 1.29 is 4.42 Å². The van der Waals surface area contributed by atoms with Crippen LogP contribution in [-0.4, -0.2) is 25.5 Å². The molecule has 0 amide bonds. The van der Waals surface area contributed by atoms with E-state index in [4.69, 9.17) is 9.68 Å². The Hall–Kier alpha value is -2.34. The molecule has 2 aromatic heterocycles. The molecule has 0 unspecified atom stereocenters. The highest BCUT2D eigenvalue weighted by Gasteiger charge is 2.14. The van der Waals surface area contributed by atoms with E-state index in [1.807, 2.05) is 6.07 Å². The van der Waals surface area contributed by atoms with Crippen LogP contribution in [0.5, 0.6) is 0 Å². The monoisotopic (exact) mass is 293 g/mol. The number of H-pyrrole nitrogens is 1. The van der Waals surface area contributed by atoms with Crippen LogP contribution >= 0.6 is 11.8 Å². The molecule has 0 radical (unpaired) electrons. The summed E-state index contributed by atoms with van der Waals surface area (Å²) in [7, 11) is 1.39. The number of hydrogen-bond donors (Lipinski definition) is 1. The van der Waals surface area contributed by atoms with Crippen LogP contribution in [0.4, 0.5) is 0 Å². The Bertz CT molecular complexity index is 783. The molecule has 0 saturated carbocycles. The average Bonchev–Trinajstić information content (AvgIpc) is 2.86. The number of nitrogens with zero attached hydrogens (tertiary/aromatic N) is 4. The van der Waals surface area contributed by atoms with Gasteiger partial charge >= 0.3 is 5.69 Å². The van der Waals surface area contributed by atoms with Gasteiger partial charge in [-0.05, 0) is 6.92 Å². The van der Waals surface area contributed by atoms with Crippen LogP contribution in [0.2, 0.25) is 0 Å². The number of nitrogens with one attached hydrogen (secondary N) is 1. The van der Waals surface area contributed by atoms with E-state index >= 15 is 0 Å². The zero-order chi connectivity index (χ0) is 14.7. The van der Waals surface area contributed by atoms with Crippen molar-refractivity contribution in [1.82, 2.24) is 19.7 Å². The number of nitriles is 1. The predicted octanol–water partition coefficient (Wildman–Crippen LogP) is -0.0285. The third-order valence-corrected chi connectivity index (χ3v) is 3.34. The highest BCUT2D eigenvalue weighted by molar-refractivity contribution is 7.99. The van der Waals surface area contributed by atoms with Crippen molar-refractivity contribution in [2.45, 2.75) is 18.6 Å². The summed E-state index contributed by atoms with van der Waals surface area (Å²) in [5.74, 6) is 0.471. The summed E-state index contributed by atoms with van der Waals surface area (Å²) in [4.78, 5) is 26.0. The van der Waals surface area contributed by atoms with Gasteiger partial charge in [0.05, 0.1) is 18.2 Å². The number of aromatic amines is 1. The molecule has 0 spiro atoms. The van der Waals surface area contributed by atoms with Gasteiger partial charge in [0.1, 0.15) is 0 Å². The summed E-state index contributed by atoms with van der Waals surface area (Å²) in [5, 5.41) is 16.3. The Kier molecular flexibility index (Phi) is 4.05. The summed E-state index contributed by atoms with van der Waals surface area (Å²) in [5.41, 5.74) is 0.0119. The van der Waals surface area contributed by atoms with Gasteiger partial charge in [-0.25, -0.2) is 4.79 Å². The van der Waals surface area contributed by atoms with Crippen molar-refractivity contribution in [3.63, 3.8) is 0 Å². The van der Waals surface area contributed by atoms with E-state index in [0.29, 0.717) is 11.3 Å². The molecule has 20 heavy (non-hydrogen) atoms. The summed E-state index contributed by atoms with van der Waals surface area (Å²) in [6.45, 7) is 1.64. The summed E-state index contributed by atoms with van der Waals surface area (Å²) in [6, 6.07) is 1.95. The Morgan fingerprint density at radius 1 is 1.45 bits per heavy atom. The fourth-order valence-corrected chi connectivity index (χ4v) is 2.04. The molecule has 1 N–H and O–H groups in total. The lowest BCUT2D eigenvalue weighted by molar-refractivity contribution is 0.419. The minimum absolute atomic E-state index is 0.134. The van der Waals surface area contributed by atoms with Crippen LogP contribution in [0.1, 0.15) is 17.1 Å². The van der Waals surface area contributed by atoms with Gasteiger partial charge in [-0.2, -0.15) is 5.26 Å². The standard InChI is InChI=1S/C11H11N5O3S/c1-6-7(9(17)16(2)10(18)13-6)5-8-14-15-11(19-8)20-4-3-12/h4-5H2,1-2H3,(H,13,18). The lowest BCUT2D eigenvalue weighted by atomic mass is 10.2. The van der Waals surface area contributed by atoms with Gasteiger partial charge in [-0.3, -0.25) is 9.36 Å². The number of aromatic nitrogens is 4. The number of thioether (sulfide) groups is 1. The number of hydrogen-bond acceptors (Lipinski definition) is 7. The van der Waals surface area contributed by atoms with Crippen molar-refractivity contribution >= 4 is 11.8 Å². The highest BCUT2D eigenvalue weighted by atomic mass is 32.2. The van der Waals surface area contributed by atoms with Gasteiger partial charge in [-0.1, -0.05) is 11.8 Å². The van der Waals surface area contributed by atoms with E-state index in [2.05, 4.69) is 15.2 Å². The Balaban J connectivity index is 2.29. The van der Waals surface area contributed by atoms with Gasteiger partial charge in [0, 0.05) is 18.3 Å². The maximum atomic E-state index is 12.0. The molecule has 0 aliphatic carbocycles. The SMILES string of the molecule is Cc1[nH]c(=O)n(C)c(=O)c1Cc1nnc(SCC#N)o1. The van der Waals surface area contributed by atoms with Crippen LogP contribution in [0.3, 0.4) is 0 Å². The Morgan fingerprint density at radius 2 is 2.20 bits per heavy atom. The molecule has 0 aromatic carbocycles. The van der Waals surface area contributed by atoms with Crippen molar-refractivity contribution in [2.24, 2.45) is 7.05 Å². The van der Waals surface area contributed by atoms with E-state index < -0.39 is 11.2 Å². The first-order valence-corrected chi connectivity index (χ1v) is 6.62. The molecule has 8 nitrogen and oxygen atoms in total. The van der Waals surface area contributed by atoms with Crippen LogP contribution in [0.25, 0.3) is 0 Å². The molecule has 0 aliphatic rings. The minimum Gasteiger partial charge on any atom is -0.416 e. The molecule has 104 valence electrons. The Morgan fingerprint density at radius 3 is 2.90 bits per heavy atom. The molecular weight excluding hydrogens is 282 g/mol. The van der Waals surface area contributed by atoms with Crippen molar-refractivity contribution in [2.75, 3.05) is 5.75 Å². The molecule has 0 fully saturated rings. The largest absolute Gasteiger partial charge is 0.416 e. The van der Waals surface area contributed by atoms with Crippen LogP contribution < -0.4 is 11.2 Å². The molecule has 0 bridgehead atoms. The maximum absolute atomic E-state index is 12.0. The molecular formula is C11H11N5O3S. The molecule has 2 heterocycles. The third-order valence-electron chi connectivity index (χ3n) is 2.65. The predicted molar refractivity (Wildman–Crippen MR) is 70.5 cm³/mol. The quantitative estimate of drug-likeness (QED) is 0.786. The number of aryl methyl sites for hydroxylation is 1.